The first-order chi connectivity index (χ1) is 6.68. The molecule has 0 bridgehead atoms. The molecule has 2 heteroatoms. The minimum atomic E-state index is 0.245. The molecule has 14 heavy (non-hydrogen) atoms. The third-order valence-corrected chi connectivity index (χ3v) is 2.95. The fourth-order valence-electron chi connectivity index (χ4n) is 1.94. The highest BCUT2D eigenvalue weighted by Crippen LogP contribution is 2.25. The van der Waals surface area contributed by atoms with E-state index >= 15 is 0 Å². The Morgan fingerprint density at radius 3 is 2.50 bits per heavy atom. The Morgan fingerprint density at radius 2 is 1.86 bits per heavy atom. The minimum absolute atomic E-state index is 0.245. The van der Waals surface area contributed by atoms with E-state index in [1.165, 1.54) is 22.3 Å². The number of aryl methyl sites for hydroxylation is 3. The van der Waals surface area contributed by atoms with Crippen molar-refractivity contribution in [2.24, 2.45) is 0 Å². The molecule has 1 aliphatic heterocycles. The molecule has 1 saturated heterocycles. The zero-order valence-electron chi connectivity index (χ0n) is 9.05. The summed E-state index contributed by atoms with van der Waals surface area (Å²) in [5.74, 6) is 0. The Balaban J connectivity index is 2.37. The monoisotopic (exact) mass is 191 g/mol. The Bertz CT molecular complexity index is 340. The summed E-state index contributed by atoms with van der Waals surface area (Å²) >= 11 is 0. The van der Waals surface area contributed by atoms with Crippen molar-refractivity contribution in [3.05, 3.63) is 34.4 Å². The van der Waals surface area contributed by atoms with E-state index in [-0.39, 0.29) is 6.10 Å². The van der Waals surface area contributed by atoms with Crippen LogP contribution in [0.5, 0.6) is 0 Å². The average molecular weight is 191 g/mol. The summed E-state index contributed by atoms with van der Waals surface area (Å²) in [6.45, 7) is 8.07. The van der Waals surface area contributed by atoms with E-state index in [2.05, 4.69) is 38.2 Å². The minimum Gasteiger partial charge on any atom is -0.357 e. The summed E-state index contributed by atoms with van der Waals surface area (Å²) in [5.41, 5.74) is 5.37. The van der Waals surface area contributed by atoms with Crippen LogP contribution in [0.25, 0.3) is 0 Å². The van der Waals surface area contributed by atoms with Crippen molar-refractivity contribution in [1.82, 2.24) is 5.32 Å². The SMILES string of the molecule is Cc1cc(C)c(C2CNCO2)cc1C. The molecule has 2 nitrogen and oxygen atoms in total. The summed E-state index contributed by atoms with van der Waals surface area (Å²) in [5, 5.41) is 3.21. The van der Waals surface area contributed by atoms with E-state index in [4.69, 9.17) is 4.74 Å². The molecular weight excluding hydrogens is 174 g/mol. The number of rotatable bonds is 1. The lowest BCUT2D eigenvalue weighted by atomic mass is 9.97. The van der Waals surface area contributed by atoms with Gasteiger partial charge in [-0.05, 0) is 43.0 Å². The maximum absolute atomic E-state index is 5.60. The zero-order valence-corrected chi connectivity index (χ0v) is 9.05. The van der Waals surface area contributed by atoms with Gasteiger partial charge < -0.3 is 4.74 Å². The first kappa shape index (κ1) is 9.69. The Hall–Kier alpha value is -0.860. The van der Waals surface area contributed by atoms with E-state index in [1.807, 2.05) is 0 Å². The molecule has 0 radical (unpaired) electrons. The van der Waals surface area contributed by atoms with Gasteiger partial charge in [-0.2, -0.15) is 0 Å². The van der Waals surface area contributed by atoms with Gasteiger partial charge in [0.1, 0.15) is 0 Å². The second-order valence-corrected chi connectivity index (χ2v) is 4.05. The lowest BCUT2D eigenvalue weighted by Gasteiger charge is -2.14. The van der Waals surface area contributed by atoms with Crippen molar-refractivity contribution < 1.29 is 4.74 Å². The third kappa shape index (κ3) is 1.68. The molecular formula is C12H17NO. The number of hydrogen-bond donors (Lipinski definition) is 1. The van der Waals surface area contributed by atoms with Crippen LogP contribution in [0.15, 0.2) is 12.1 Å². The summed E-state index contributed by atoms with van der Waals surface area (Å²) in [7, 11) is 0. The van der Waals surface area contributed by atoms with E-state index in [0.717, 1.165) is 6.54 Å². The highest BCUT2D eigenvalue weighted by Gasteiger charge is 2.19. The second-order valence-electron chi connectivity index (χ2n) is 4.05. The van der Waals surface area contributed by atoms with Crippen LogP contribution < -0.4 is 5.32 Å². The van der Waals surface area contributed by atoms with Crippen LogP contribution in [-0.4, -0.2) is 13.3 Å². The molecule has 1 aromatic carbocycles. The number of benzene rings is 1. The Kier molecular flexibility index (Phi) is 2.57. The van der Waals surface area contributed by atoms with Crippen LogP contribution in [0.3, 0.4) is 0 Å². The molecule has 76 valence electrons. The molecule has 0 aromatic heterocycles. The van der Waals surface area contributed by atoms with Gasteiger partial charge in [0, 0.05) is 6.54 Å². The molecule has 1 aromatic rings. The fraction of sp³-hybridized carbons (Fsp3) is 0.500. The van der Waals surface area contributed by atoms with Crippen LogP contribution in [0.2, 0.25) is 0 Å². The van der Waals surface area contributed by atoms with E-state index in [9.17, 15) is 0 Å². The molecule has 1 heterocycles. The molecule has 1 fully saturated rings. The predicted octanol–water partition coefficient (Wildman–Crippen LogP) is 2.23. The lowest BCUT2D eigenvalue weighted by Crippen LogP contribution is -2.09. The van der Waals surface area contributed by atoms with Crippen LogP contribution >= 0.6 is 0 Å². The van der Waals surface area contributed by atoms with Crippen molar-refractivity contribution in [3.63, 3.8) is 0 Å². The van der Waals surface area contributed by atoms with Gasteiger partial charge >= 0.3 is 0 Å². The van der Waals surface area contributed by atoms with Gasteiger partial charge in [-0.25, -0.2) is 0 Å². The predicted molar refractivity (Wildman–Crippen MR) is 57.3 cm³/mol. The van der Waals surface area contributed by atoms with Crippen LogP contribution in [-0.2, 0) is 4.74 Å². The standard InChI is InChI=1S/C12H17NO/c1-8-4-10(3)11(5-9(8)2)12-6-13-7-14-12/h4-5,12-13H,6-7H2,1-3H3. The Morgan fingerprint density at radius 1 is 1.14 bits per heavy atom. The summed E-state index contributed by atoms with van der Waals surface area (Å²) < 4.78 is 5.60. The topological polar surface area (TPSA) is 21.3 Å². The van der Waals surface area contributed by atoms with Crippen molar-refractivity contribution in [3.8, 4) is 0 Å². The van der Waals surface area contributed by atoms with Gasteiger partial charge in [-0.1, -0.05) is 12.1 Å². The average Bonchev–Trinajstić information content (AvgIpc) is 2.64. The summed E-state index contributed by atoms with van der Waals surface area (Å²) in [6, 6.07) is 4.49. The molecule has 0 aliphatic carbocycles. The quantitative estimate of drug-likeness (QED) is 0.735. The van der Waals surface area contributed by atoms with E-state index in [1.54, 1.807) is 0 Å². The molecule has 0 saturated carbocycles. The molecule has 0 amide bonds. The van der Waals surface area contributed by atoms with E-state index in [0.29, 0.717) is 6.73 Å². The van der Waals surface area contributed by atoms with Crippen molar-refractivity contribution in [1.29, 1.82) is 0 Å². The van der Waals surface area contributed by atoms with Gasteiger partial charge in [-0.3, -0.25) is 5.32 Å². The molecule has 1 aliphatic rings. The van der Waals surface area contributed by atoms with Crippen LogP contribution in [0.1, 0.15) is 28.4 Å². The maximum Gasteiger partial charge on any atom is 0.0975 e. The smallest absolute Gasteiger partial charge is 0.0975 e. The molecule has 1 unspecified atom stereocenters. The van der Waals surface area contributed by atoms with Crippen molar-refractivity contribution >= 4 is 0 Å². The van der Waals surface area contributed by atoms with Crippen LogP contribution in [0, 0.1) is 20.8 Å². The molecule has 1 atom stereocenters. The maximum atomic E-state index is 5.60. The zero-order chi connectivity index (χ0) is 10.1. The normalized spacial score (nSPS) is 21.5. The highest BCUT2D eigenvalue weighted by atomic mass is 16.5. The van der Waals surface area contributed by atoms with Gasteiger partial charge in [-0.15, -0.1) is 0 Å². The number of nitrogens with one attached hydrogen (secondary N) is 1. The largest absolute Gasteiger partial charge is 0.357 e. The van der Waals surface area contributed by atoms with E-state index < -0.39 is 0 Å². The highest BCUT2D eigenvalue weighted by molar-refractivity contribution is 5.38. The van der Waals surface area contributed by atoms with Gasteiger partial charge in [0.05, 0.1) is 12.8 Å². The lowest BCUT2D eigenvalue weighted by molar-refractivity contribution is 0.114. The summed E-state index contributed by atoms with van der Waals surface area (Å²) in [6.07, 6.45) is 0.245. The molecule has 1 N–H and O–H groups in total. The third-order valence-electron chi connectivity index (χ3n) is 2.95. The van der Waals surface area contributed by atoms with Crippen molar-refractivity contribution in [2.75, 3.05) is 13.3 Å². The fourth-order valence-corrected chi connectivity index (χ4v) is 1.94. The number of ether oxygens (including phenoxy) is 1. The van der Waals surface area contributed by atoms with Gasteiger partial charge in [0.25, 0.3) is 0 Å². The van der Waals surface area contributed by atoms with Crippen LogP contribution in [0.4, 0.5) is 0 Å². The first-order valence-electron chi connectivity index (χ1n) is 5.08. The van der Waals surface area contributed by atoms with Gasteiger partial charge in [0.2, 0.25) is 0 Å². The van der Waals surface area contributed by atoms with Crippen molar-refractivity contribution in [2.45, 2.75) is 26.9 Å². The number of hydrogen-bond acceptors (Lipinski definition) is 2. The molecule has 2 rings (SSSR count). The first-order valence-corrected chi connectivity index (χ1v) is 5.08. The Labute approximate surface area is 85.3 Å². The molecule has 0 spiro atoms. The second kappa shape index (κ2) is 3.71. The summed E-state index contributed by atoms with van der Waals surface area (Å²) in [4.78, 5) is 0. The van der Waals surface area contributed by atoms with Gasteiger partial charge in [0.15, 0.2) is 0 Å².